The summed E-state index contributed by atoms with van der Waals surface area (Å²) >= 11 is 0. The second-order valence-corrected chi connectivity index (χ2v) is 6.27. The van der Waals surface area contributed by atoms with Gasteiger partial charge in [0.25, 0.3) is 12.4 Å². The Hall–Kier alpha value is -3.13. The number of carboxylic acid groups (broad SMARTS) is 1. The van der Waals surface area contributed by atoms with Gasteiger partial charge in [-0.25, -0.2) is 0 Å². The zero-order valence-corrected chi connectivity index (χ0v) is 15.6. The number of furan rings is 1. The first-order chi connectivity index (χ1) is 13.6. The number of carbonyl (C=O) groups excluding carboxylic acids is 2. The van der Waals surface area contributed by atoms with Crippen LogP contribution in [0.4, 0.5) is 5.69 Å². The Bertz CT molecular complexity index is 754. The van der Waals surface area contributed by atoms with Gasteiger partial charge in [-0.3, -0.25) is 19.3 Å². The van der Waals surface area contributed by atoms with Crippen molar-refractivity contribution < 1.29 is 23.9 Å². The first-order valence-electron chi connectivity index (χ1n) is 9.14. The molecule has 0 atom stereocenters. The number of benzene rings is 1. The third kappa shape index (κ3) is 7.24. The molecule has 1 fully saturated rings. The van der Waals surface area contributed by atoms with Crippen LogP contribution in [-0.4, -0.2) is 47.9 Å². The normalized spacial score (nSPS) is 13.3. The average molecular weight is 387 g/mol. The first kappa shape index (κ1) is 21.2. The predicted octanol–water partition coefficient (Wildman–Crippen LogP) is 2.33. The van der Waals surface area contributed by atoms with Crippen LogP contribution in [0.1, 0.15) is 35.6 Å². The third-order valence-corrected chi connectivity index (χ3v) is 4.16. The van der Waals surface area contributed by atoms with E-state index in [0.29, 0.717) is 0 Å². The third-order valence-electron chi connectivity index (χ3n) is 4.16. The second kappa shape index (κ2) is 11.6. The number of para-hydroxylation sites is 1. The fourth-order valence-corrected chi connectivity index (χ4v) is 2.87. The van der Waals surface area contributed by atoms with E-state index in [1.54, 1.807) is 6.07 Å². The summed E-state index contributed by atoms with van der Waals surface area (Å²) in [6, 6.07) is 12.8. The van der Waals surface area contributed by atoms with E-state index in [1.807, 2.05) is 36.4 Å². The summed E-state index contributed by atoms with van der Waals surface area (Å²) in [5.41, 5.74) is 0.747. The summed E-state index contributed by atoms with van der Waals surface area (Å²) in [6.07, 6.45) is 2.65. The monoisotopic (exact) mass is 387 g/mol. The molecule has 150 valence electrons. The molecule has 8 heteroatoms. The van der Waals surface area contributed by atoms with Crippen LogP contribution in [0, 0.1) is 0 Å². The Balaban J connectivity index is 0.000000878. The van der Waals surface area contributed by atoms with Crippen molar-refractivity contribution in [3.05, 3.63) is 54.0 Å². The van der Waals surface area contributed by atoms with Crippen molar-refractivity contribution >= 4 is 24.0 Å². The van der Waals surface area contributed by atoms with Gasteiger partial charge in [-0.2, -0.15) is 0 Å². The highest BCUT2D eigenvalue weighted by atomic mass is 16.4. The van der Waals surface area contributed by atoms with Crippen LogP contribution in [0.5, 0.6) is 0 Å². The number of anilines is 1. The van der Waals surface area contributed by atoms with Gasteiger partial charge in [0, 0.05) is 18.7 Å². The maximum atomic E-state index is 12.1. The fourth-order valence-electron chi connectivity index (χ4n) is 2.87. The highest BCUT2D eigenvalue weighted by molar-refractivity contribution is 5.93. The lowest BCUT2D eigenvalue weighted by molar-refractivity contribution is -0.123. The topological polar surface area (TPSA) is 112 Å². The van der Waals surface area contributed by atoms with Crippen molar-refractivity contribution in [2.45, 2.75) is 25.8 Å². The molecule has 2 aromatic rings. The van der Waals surface area contributed by atoms with Gasteiger partial charge >= 0.3 is 0 Å². The van der Waals surface area contributed by atoms with Crippen LogP contribution >= 0.6 is 0 Å². The first-order valence-corrected chi connectivity index (χ1v) is 9.14. The number of nitrogens with one attached hydrogen (secondary N) is 2. The summed E-state index contributed by atoms with van der Waals surface area (Å²) in [5.74, 6) is 0.660. The lowest BCUT2D eigenvalue weighted by Gasteiger charge is -2.11. The van der Waals surface area contributed by atoms with Gasteiger partial charge in [0.05, 0.1) is 6.54 Å². The smallest absolute Gasteiger partial charge is 0.290 e. The zero-order chi connectivity index (χ0) is 20.2. The molecular weight excluding hydrogens is 362 g/mol. The quantitative estimate of drug-likeness (QED) is 0.629. The SMILES string of the molecule is O=C(CCNC(=O)c1ccc(CN2CCCC2)o1)Nc1ccccc1.O=CO. The number of nitrogens with zero attached hydrogens (tertiary/aromatic N) is 1. The van der Waals surface area contributed by atoms with Crippen LogP contribution in [0.25, 0.3) is 0 Å². The average Bonchev–Trinajstić information content (AvgIpc) is 3.36. The lowest BCUT2D eigenvalue weighted by atomic mass is 10.3. The van der Waals surface area contributed by atoms with Crippen molar-refractivity contribution in [1.29, 1.82) is 0 Å². The van der Waals surface area contributed by atoms with E-state index < -0.39 is 0 Å². The Morgan fingerprint density at radius 1 is 1.11 bits per heavy atom. The van der Waals surface area contributed by atoms with Crippen molar-refractivity contribution in [3.8, 4) is 0 Å². The molecular formula is C20H25N3O5. The minimum absolute atomic E-state index is 0.138. The van der Waals surface area contributed by atoms with Gasteiger partial charge in [-0.1, -0.05) is 18.2 Å². The Labute approximate surface area is 163 Å². The van der Waals surface area contributed by atoms with Crippen molar-refractivity contribution in [2.24, 2.45) is 0 Å². The van der Waals surface area contributed by atoms with E-state index in [2.05, 4.69) is 15.5 Å². The summed E-state index contributed by atoms with van der Waals surface area (Å²) in [7, 11) is 0. The molecule has 0 radical (unpaired) electrons. The maximum Gasteiger partial charge on any atom is 0.290 e. The van der Waals surface area contributed by atoms with E-state index in [1.165, 1.54) is 12.8 Å². The van der Waals surface area contributed by atoms with Gasteiger partial charge < -0.3 is 20.2 Å². The summed E-state index contributed by atoms with van der Waals surface area (Å²) in [4.78, 5) is 34.6. The van der Waals surface area contributed by atoms with E-state index in [4.69, 9.17) is 14.3 Å². The Morgan fingerprint density at radius 2 is 1.79 bits per heavy atom. The van der Waals surface area contributed by atoms with E-state index >= 15 is 0 Å². The number of amides is 2. The molecule has 8 nitrogen and oxygen atoms in total. The van der Waals surface area contributed by atoms with Crippen molar-refractivity contribution in [2.75, 3.05) is 25.0 Å². The molecule has 0 saturated carbocycles. The number of hydrogen-bond donors (Lipinski definition) is 3. The largest absolute Gasteiger partial charge is 0.483 e. The molecule has 1 saturated heterocycles. The molecule has 1 aliphatic rings. The number of rotatable bonds is 7. The number of carbonyl (C=O) groups is 3. The maximum absolute atomic E-state index is 12.1. The molecule has 1 aromatic heterocycles. The zero-order valence-electron chi connectivity index (χ0n) is 15.6. The van der Waals surface area contributed by atoms with Crippen molar-refractivity contribution in [1.82, 2.24) is 10.2 Å². The highest BCUT2D eigenvalue weighted by Crippen LogP contribution is 2.15. The minimum Gasteiger partial charge on any atom is -0.483 e. The Kier molecular flexibility index (Phi) is 8.74. The molecule has 1 aromatic carbocycles. The van der Waals surface area contributed by atoms with Gasteiger partial charge in [0.1, 0.15) is 5.76 Å². The standard InChI is InChI=1S/C19H23N3O3.CH2O2/c23-18(21-15-6-2-1-3-7-15)10-11-20-19(24)17-9-8-16(25-17)14-22-12-4-5-13-22;2-1-3/h1-3,6-9H,4-5,10-14H2,(H,20,24)(H,21,23);1H,(H,2,3). The van der Waals surface area contributed by atoms with E-state index in [9.17, 15) is 9.59 Å². The van der Waals surface area contributed by atoms with Gasteiger partial charge in [-0.05, 0) is 50.2 Å². The van der Waals surface area contributed by atoms with Gasteiger partial charge in [-0.15, -0.1) is 0 Å². The van der Waals surface area contributed by atoms with Crippen LogP contribution in [0.3, 0.4) is 0 Å². The van der Waals surface area contributed by atoms with Crippen molar-refractivity contribution in [3.63, 3.8) is 0 Å². The van der Waals surface area contributed by atoms with Crippen LogP contribution in [-0.2, 0) is 16.1 Å². The number of hydrogen-bond acceptors (Lipinski definition) is 5. The Morgan fingerprint density at radius 3 is 2.46 bits per heavy atom. The lowest BCUT2D eigenvalue weighted by Crippen LogP contribution is -2.27. The highest BCUT2D eigenvalue weighted by Gasteiger charge is 2.16. The fraction of sp³-hybridized carbons (Fsp3) is 0.350. The summed E-state index contributed by atoms with van der Waals surface area (Å²) < 4.78 is 5.61. The van der Waals surface area contributed by atoms with Crippen LogP contribution < -0.4 is 10.6 Å². The van der Waals surface area contributed by atoms with E-state index in [0.717, 1.165) is 31.1 Å². The summed E-state index contributed by atoms with van der Waals surface area (Å²) in [5, 5.41) is 12.4. The molecule has 0 bridgehead atoms. The minimum atomic E-state index is -0.291. The molecule has 0 unspecified atom stereocenters. The summed E-state index contributed by atoms with van der Waals surface area (Å²) in [6.45, 7) is 2.92. The van der Waals surface area contributed by atoms with Gasteiger partial charge in [0.15, 0.2) is 5.76 Å². The molecule has 2 amide bonds. The molecule has 2 heterocycles. The predicted molar refractivity (Wildman–Crippen MR) is 104 cm³/mol. The number of likely N-dealkylation sites (tertiary alicyclic amines) is 1. The molecule has 0 spiro atoms. The molecule has 28 heavy (non-hydrogen) atoms. The molecule has 3 N–H and O–H groups in total. The second-order valence-electron chi connectivity index (χ2n) is 6.27. The van der Waals surface area contributed by atoms with Crippen LogP contribution in [0.15, 0.2) is 46.9 Å². The molecule has 0 aliphatic carbocycles. The molecule has 3 rings (SSSR count). The van der Waals surface area contributed by atoms with Crippen LogP contribution in [0.2, 0.25) is 0 Å². The molecule has 1 aliphatic heterocycles. The van der Waals surface area contributed by atoms with E-state index in [-0.39, 0.29) is 37.0 Å². The van der Waals surface area contributed by atoms with Gasteiger partial charge in [0.2, 0.25) is 5.91 Å².